The Labute approximate surface area is 187 Å². The lowest BCUT2D eigenvalue weighted by Crippen LogP contribution is -2.41. The van der Waals surface area contributed by atoms with E-state index in [0.29, 0.717) is 24.6 Å². The van der Waals surface area contributed by atoms with Gasteiger partial charge in [0.05, 0.1) is 4.90 Å². The number of sulfonamides is 1. The molecule has 9 heteroatoms. The monoisotopic (exact) mass is 525 g/mol. The molecule has 0 atom stereocenters. The topological polar surface area (TPSA) is 85.8 Å². The van der Waals surface area contributed by atoms with E-state index in [1.807, 2.05) is 6.07 Å². The Morgan fingerprint density at radius 1 is 1.14 bits per heavy atom. The summed E-state index contributed by atoms with van der Waals surface area (Å²) >= 11 is 0. The van der Waals surface area contributed by atoms with Crippen LogP contribution in [-0.2, 0) is 16.6 Å². The van der Waals surface area contributed by atoms with Crippen molar-refractivity contribution >= 4 is 40.0 Å². The molecule has 0 heterocycles. The van der Waals surface area contributed by atoms with E-state index in [9.17, 15) is 8.42 Å². The Hall–Kier alpha value is -0.910. The lowest BCUT2D eigenvalue weighted by Gasteiger charge is -2.30. The fraction of sp³-hybridized carbons (Fsp3) is 0.632. The van der Waals surface area contributed by atoms with Crippen molar-refractivity contribution in [1.29, 1.82) is 0 Å². The molecule has 0 unspecified atom stereocenters. The molecule has 1 aromatic rings. The number of aliphatic imine (C=N–C) groups is 1. The summed E-state index contributed by atoms with van der Waals surface area (Å²) in [6, 6.07) is 7.93. The van der Waals surface area contributed by atoms with Gasteiger partial charge in [-0.2, -0.15) is 0 Å². The Morgan fingerprint density at radius 3 is 2.32 bits per heavy atom. The summed E-state index contributed by atoms with van der Waals surface area (Å²) in [5.41, 5.74) is 0.875. The molecule has 1 rings (SSSR count). The first-order valence-corrected chi connectivity index (χ1v) is 10.9. The molecule has 0 saturated carbocycles. The summed E-state index contributed by atoms with van der Waals surface area (Å²) in [5, 5.41) is 6.54. The molecule has 0 fully saturated rings. The van der Waals surface area contributed by atoms with Crippen molar-refractivity contribution in [3.05, 3.63) is 29.8 Å². The summed E-state index contributed by atoms with van der Waals surface area (Å²) in [5.74, 6) is 0.706. The Bertz CT molecular complexity index is 700. The minimum absolute atomic E-state index is 0. The number of halogens is 1. The van der Waals surface area contributed by atoms with Crippen LogP contribution in [0, 0.1) is 0 Å². The van der Waals surface area contributed by atoms with Crippen LogP contribution in [-0.4, -0.2) is 58.5 Å². The third kappa shape index (κ3) is 9.06. The first kappa shape index (κ1) is 27.1. The zero-order chi connectivity index (χ0) is 20.4. The second kappa shape index (κ2) is 13.3. The Morgan fingerprint density at radius 2 is 1.79 bits per heavy atom. The molecular formula is C19H36IN5O2S. The summed E-state index contributed by atoms with van der Waals surface area (Å²) in [4.78, 5) is 6.95. The first-order chi connectivity index (χ1) is 12.7. The van der Waals surface area contributed by atoms with Crippen LogP contribution in [0.3, 0.4) is 0 Å². The molecule has 7 nitrogen and oxygen atoms in total. The van der Waals surface area contributed by atoms with E-state index in [0.717, 1.165) is 25.1 Å². The van der Waals surface area contributed by atoms with Crippen molar-refractivity contribution in [2.24, 2.45) is 4.99 Å². The molecule has 0 saturated heterocycles. The lowest BCUT2D eigenvalue weighted by atomic mass is 10.2. The maximum atomic E-state index is 11.9. The second-order valence-electron chi connectivity index (χ2n) is 6.99. The van der Waals surface area contributed by atoms with Gasteiger partial charge in [-0.25, -0.2) is 13.1 Å². The average Bonchev–Trinajstić information content (AvgIpc) is 2.63. The second-order valence-corrected chi connectivity index (χ2v) is 8.87. The number of benzene rings is 1. The fourth-order valence-electron chi connectivity index (χ4n) is 2.93. The molecule has 0 aliphatic carbocycles. The third-order valence-corrected chi connectivity index (χ3v) is 5.79. The van der Waals surface area contributed by atoms with E-state index < -0.39 is 10.0 Å². The highest BCUT2D eigenvalue weighted by atomic mass is 127. The van der Waals surface area contributed by atoms with E-state index in [1.54, 1.807) is 25.2 Å². The van der Waals surface area contributed by atoms with Gasteiger partial charge in [0.1, 0.15) is 0 Å². The molecule has 0 amide bonds. The Kier molecular flexibility index (Phi) is 12.9. The number of hydrogen-bond acceptors (Lipinski definition) is 4. The predicted octanol–water partition coefficient (Wildman–Crippen LogP) is 2.39. The minimum atomic E-state index is -3.43. The van der Waals surface area contributed by atoms with Gasteiger partial charge in [-0.1, -0.05) is 12.1 Å². The van der Waals surface area contributed by atoms with Crippen molar-refractivity contribution in [3.63, 3.8) is 0 Å². The summed E-state index contributed by atoms with van der Waals surface area (Å²) < 4.78 is 26.1. The molecule has 0 aliphatic heterocycles. The van der Waals surface area contributed by atoms with Gasteiger partial charge in [-0.05, 0) is 58.9 Å². The highest BCUT2D eigenvalue weighted by Crippen LogP contribution is 2.11. The quantitative estimate of drug-likeness (QED) is 0.189. The number of guanidine groups is 1. The van der Waals surface area contributed by atoms with Gasteiger partial charge in [0.2, 0.25) is 10.0 Å². The van der Waals surface area contributed by atoms with Crippen LogP contribution in [0.5, 0.6) is 0 Å². The largest absolute Gasteiger partial charge is 0.356 e. The number of rotatable bonds is 10. The molecule has 0 radical (unpaired) electrons. The van der Waals surface area contributed by atoms with Gasteiger partial charge >= 0.3 is 0 Å². The van der Waals surface area contributed by atoms with Crippen LogP contribution in [0.4, 0.5) is 0 Å². The SMILES string of the molecule is CN=C(NCCCN(C(C)C)C(C)C)NCc1cccc(S(=O)(=O)NC)c1.I. The van der Waals surface area contributed by atoms with Crippen molar-refractivity contribution < 1.29 is 8.42 Å². The standard InChI is InChI=1S/C19H35N5O2S.HI/c1-15(2)24(16(3)4)12-8-11-22-19(20-5)23-14-17-9-7-10-18(13-17)27(25,26)21-6;/h7,9-10,13,15-16,21H,8,11-12,14H2,1-6H3,(H2,20,22,23);1H. The minimum Gasteiger partial charge on any atom is -0.356 e. The van der Waals surface area contributed by atoms with Crippen LogP contribution >= 0.6 is 24.0 Å². The lowest BCUT2D eigenvalue weighted by molar-refractivity contribution is 0.173. The molecule has 0 spiro atoms. The molecule has 1 aromatic carbocycles. The number of nitrogens with one attached hydrogen (secondary N) is 3. The molecule has 0 bridgehead atoms. The van der Waals surface area contributed by atoms with E-state index >= 15 is 0 Å². The van der Waals surface area contributed by atoms with Crippen LogP contribution in [0.1, 0.15) is 39.7 Å². The third-order valence-electron chi connectivity index (χ3n) is 4.37. The first-order valence-electron chi connectivity index (χ1n) is 9.44. The predicted molar refractivity (Wildman–Crippen MR) is 128 cm³/mol. The molecule has 28 heavy (non-hydrogen) atoms. The fourth-order valence-corrected chi connectivity index (χ4v) is 3.73. The van der Waals surface area contributed by atoms with E-state index in [2.05, 4.69) is 52.9 Å². The molecule has 0 aromatic heterocycles. The average molecular weight is 526 g/mol. The highest BCUT2D eigenvalue weighted by molar-refractivity contribution is 14.0. The maximum Gasteiger partial charge on any atom is 0.240 e. The summed E-state index contributed by atoms with van der Waals surface area (Å²) in [6.45, 7) is 11.2. The van der Waals surface area contributed by atoms with Gasteiger partial charge in [0.15, 0.2) is 5.96 Å². The summed E-state index contributed by atoms with van der Waals surface area (Å²) in [6.07, 6.45) is 1.02. The molecule has 3 N–H and O–H groups in total. The zero-order valence-corrected chi connectivity index (χ0v) is 21.0. The molecular weight excluding hydrogens is 489 g/mol. The summed E-state index contributed by atoms with van der Waals surface area (Å²) in [7, 11) is -0.297. The molecule has 0 aliphatic rings. The Balaban J connectivity index is 0.00000729. The van der Waals surface area contributed by atoms with Crippen LogP contribution in [0.2, 0.25) is 0 Å². The van der Waals surface area contributed by atoms with Crippen molar-refractivity contribution in [3.8, 4) is 0 Å². The number of nitrogens with zero attached hydrogens (tertiary/aromatic N) is 2. The van der Waals surface area contributed by atoms with E-state index in [4.69, 9.17) is 0 Å². The van der Waals surface area contributed by atoms with Crippen LogP contribution in [0.25, 0.3) is 0 Å². The highest BCUT2D eigenvalue weighted by Gasteiger charge is 2.13. The van der Waals surface area contributed by atoms with Gasteiger partial charge in [0, 0.05) is 38.8 Å². The smallest absolute Gasteiger partial charge is 0.240 e. The normalized spacial score (nSPS) is 12.4. The van der Waals surface area contributed by atoms with Gasteiger partial charge in [0.25, 0.3) is 0 Å². The van der Waals surface area contributed by atoms with Gasteiger partial charge in [-0.15, -0.1) is 24.0 Å². The number of hydrogen-bond donors (Lipinski definition) is 3. The maximum absolute atomic E-state index is 11.9. The zero-order valence-electron chi connectivity index (χ0n) is 17.8. The van der Waals surface area contributed by atoms with Crippen molar-refractivity contribution in [1.82, 2.24) is 20.3 Å². The van der Waals surface area contributed by atoms with E-state index in [1.165, 1.54) is 7.05 Å². The van der Waals surface area contributed by atoms with Crippen molar-refractivity contribution in [2.75, 3.05) is 27.2 Å². The van der Waals surface area contributed by atoms with Crippen LogP contribution in [0.15, 0.2) is 34.2 Å². The van der Waals surface area contributed by atoms with Gasteiger partial charge < -0.3 is 10.6 Å². The van der Waals surface area contributed by atoms with E-state index in [-0.39, 0.29) is 28.9 Å². The van der Waals surface area contributed by atoms with Gasteiger partial charge in [-0.3, -0.25) is 9.89 Å². The molecule has 162 valence electrons. The van der Waals surface area contributed by atoms with Crippen molar-refractivity contribution in [2.45, 2.75) is 57.6 Å². The van der Waals surface area contributed by atoms with Crippen LogP contribution < -0.4 is 15.4 Å².